The molecule has 1 fully saturated rings. The maximum absolute atomic E-state index is 5.83. The van der Waals surface area contributed by atoms with Crippen LogP contribution < -0.4 is 11.3 Å². The SMILES string of the molecule is CCCC1CCC(C(CC(C)CC(C)C)NN)CC1. The molecule has 0 aromatic rings. The lowest BCUT2D eigenvalue weighted by Crippen LogP contribution is -2.43. The van der Waals surface area contributed by atoms with E-state index in [4.69, 9.17) is 5.84 Å². The second-order valence-electron chi connectivity index (χ2n) is 7.31. The molecule has 0 saturated heterocycles. The third-order valence-corrected chi connectivity index (χ3v) is 4.90. The van der Waals surface area contributed by atoms with Gasteiger partial charge in [0, 0.05) is 6.04 Å². The minimum absolute atomic E-state index is 0.538. The summed E-state index contributed by atoms with van der Waals surface area (Å²) in [5, 5.41) is 0. The number of nitrogens with two attached hydrogens (primary N) is 1. The Bertz CT molecular complexity index is 219. The van der Waals surface area contributed by atoms with E-state index in [1.165, 1.54) is 51.4 Å². The molecule has 0 aromatic heterocycles. The van der Waals surface area contributed by atoms with E-state index in [2.05, 4.69) is 33.1 Å². The number of nitrogens with one attached hydrogen (secondary N) is 1. The van der Waals surface area contributed by atoms with Crippen LogP contribution in [0.5, 0.6) is 0 Å². The third kappa shape index (κ3) is 6.27. The Morgan fingerprint density at radius 2 is 1.68 bits per heavy atom. The van der Waals surface area contributed by atoms with Crippen molar-refractivity contribution in [2.75, 3.05) is 0 Å². The second kappa shape index (κ2) is 8.97. The van der Waals surface area contributed by atoms with Gasteiger partial charge in [-0.2, -0.15) is 0 Å². The zero-order valence-corrected chi connectivity index (χ0v) is 13.6. The predicted molar refractivity (Wildman–Crippen MR) is 84.7 cm³/mol. The van der Waals surface area contributed by atoms with Crippen LogP contribution in [0.1, 0.15) is 79.1 Å². The van der Waals surface area contributed by atoms with E-state index in [-0.39, 0.29) is 0 Å². The highest BCUT2D eigenvalue weighted by atomic mass is 15.2. The molecular weight excluding hydrogens is 232 g/mol. The maximum Gasteiger partial charge on any atom is 0.0241 e. The van der Waals surface area contributed by atoms with Crippen LogP contribution in [0, 0.1) is 23.7 Å². The average molecular weight is 268 g/mol. The number of rotatable bonds is 8. The first kappa shape index (κ1) is 17.0. The van der Waals surface area contributed by atoms with Crippen molar-refractivity contribution in [2.24, 2.45) is 29.5 Å². The molecule has 1 aliphatic carbocycles. The summed E-state index contributed by atoms with van der Waals surface area (Å²) in [4.78, 5) is 0. The van der Waals surface area contributed by atoms with Gasteiger partial charge in [0.2, 0.25) is 0 Å². The summed E-state index contributed by atoms with van der Waals surface area (Å²) in [7, 11) is 0. The molecule has 2 heteroatoms. The van der Waals surface area contributed by atoms with E-state index in [0.717, 1.165) is 23.7 Å². The quantitative estimate of drug-likeness (QED) is 0.502. The Morgan fingerprint density at radius 1 is 1.05 bits per heavy atom. The van der Waals surface area contributed by atoms with Gasteiger partial charge in [-0.25, -0.2) is 0 Å². The molecule has 0 bridgehead atoms. The largest absolute Gasteiger partial charge is 0.271 e. The van der Waals surface area contributed by atoms with Crippen LogP contribution in [-0.2, 0) is 0 Å². The van der Waals surface area contributed by atoms with Gasteiger partial charge >= 0.3 is 0 Å². The van der Waals surface area contributed by atoms with Crippen molar-refractivity contribution >= 4 is 0 Å². The molecule has 3 N–H and O–H groups in total. The maximum atomic E-state index is 5.83. The molecule has 2 atom stereocenters. The van der Waals surface area contributed by atoms with Crippen molar-refractivity contribution in [1.82, 2.24) is 5.43 Å². The van der Waals surface area contributed by atoms with Crippen LogP contribution in [0.25, 0.3) is 0 Å². The van der Waals surface area contributed by atoms with Crippen molar-refractivity contribution < 1.29 is 0 Å². The zero-order valence-electron chi connectivity index (χ0n) is 13.6. The van der Waals surface area contributed by atoms with Crippen LogP contribution in [0.4, 0.5) is 0 Å². The standard InChI is InChI=1S/C17H36N2/c1-5-6-15-7-9-16(10-8-15)17(19-18)12-14(4)11-13(2)3/h13-17,19H,5-12,18H2,1-4H3. The monoisotopic (exact) mass is 268 g/mol. The first-order valence-electron chi connectivity index (χ1n) is 8.52. The molecule has 0 spiro atoms. The van der Waals surface area contributed by atoms with E-state index in [0.29, 0.717) is 6.04 Å². The van der Waals surface area contributed by atoms with E-state index in [1.54, 1.807) is 0 Å². The molecular formula is C17H36N2. The molecule has 0 radical (unpaired) electrons. The van der Waals surface area contributed by atoms with Crippen molar-refractivity contribution in [3.8, 4) is 0 Å². The summed E-state index contributed by atoms with van der Waals surface area (Å²) in [6.45, 7) is 9.33. The highest BCUT2D eigenvalue weighted by Gasteiger charge is 2.27. The first-order valence-corrected chi connectivity index (χ1v) is 8.52. The Balaban J connectivity index is 2.35. The number of hydrazine groups is 1. The summed E-state index contributed by atoms with van der Waals surface area (Å²) >= 11 is 0. The molecule has 0 amide bonds. The molecule has 1 saturated carbocycles. The Hall–Kier alpha value is -0.0800. The van der Waals surface area contributed by atoms with Crippen molar-refractivity contribution in [3.05, 3.63) is 0 Å². The van der Waals surface area contributed by atoms with Gasteiger partial charge in [0.1, 0.15) is 0 Å². The zero-order chi connectivity index (χ0) is 14.3. The predicted octanol–water partition coefficient (Wildman–Crippen LogP) is 4.50. The van der Waals surface area contributed by atoms with Crippen LogP contribution in [0.2, 0.25) is 0 Å². The highest BCUT2D eigenvalue weighted by molar-refractivity contribution is 4.82. The van der Waals surface area contributed by atoms with E-state index < -0.39 is 0 Å². The molecule has 2 unspecified atom stereocenters. The Morgan fingerprint density at radius 3 is 2.16 bits per heavy atom. The van der Waals surface area contributed by atoms with Gasteiger partial charge in [-0.05, 0) is 49.4 Å². The lowest BCUT2D eigenvalue weighted by atomic mass is 9.75. The molecule has 1 rings (SSSR count). The fraction of sp³-hybridized carbons (Fsp3) is 1.00. The minimum Gasteiger partial charge on any atom is -0.271 e. The van der Waals surface area contributed by atoms with E-state index in [9.17, 15) is 0 Å². The van der Waals surface area contributed by atoms with Gasteiger partial charge in [-0.15, -0.1) is 0 Å². The van der Waals surface area contributed by atoms with Gasteiger partial charge in [0.05, 0.1) is 0 Å². The summed E-state index contributed by atoms with van der Waals surface area (Å²) in [5.74, 6) is 9.22. The van der Waals surface area contributed by atoms with Crippen molar-refractivity contribution in [3.63, 3.8) is 0 Å². The van der Waals surface area contributed by atoms with Gasteiger partial charge < -0.3 is 0 Å². The summed E-state index contributed by atoms with van der Waals surface area (Å²) in [6.07, 6.45) is 11.0. The van der Waals surface area contributed by atoms with Gasteiger partial charge in [-0.1, -0.05) is 53.4 Å². The van der Waals surface area contributed by atoms with Crippen LogP contribution in [0.3, 0.4) is 0 Å². The average Bonchev–Trinajstić information content (AvgIpc) is 2.36. The molecule has 0 aliphatic heterocycles. The molecule has 19 heavy (non-hydrogen) atoms. The topological polar surface area (TPSA) is 38.0 Å². The summed E-state index contributed by atoms with van der Waals surface area (Å²) in [6, 6.07) is 0.538. The lowest BCUT2D eigenvalue weighted by molar-refractivity contribution is 0.191. The van der Waals surface area contributed by atoms with Crippen molar-refractivity contribution in [1.29, 1.82) is 0 Å². The molecule has 2 nitrogen and oxygen atoms in total. The van der Waals surface area contributed by atoms with Gasteiger partial charge in [0.25, 0.3) is 0 Å². The third-order valence-electron chi connectivity index (χ3n) is 4.90. The van der Waals surface area contributed by atoms with Crippen LogP contribution in [-0.4, -0.2) is 6.04 Å². The summed E-state index contributed by atoms with van der Waals surface area (Å²) in [5.41, 5.74) is 3.12. The van der Waals surface area contributed by atoms with Gasteiger partial charge in [-0.3, -0.25) is 11.3 Å². The van der Waals surface area contributed by atoms with Crippen molar-refractivity contribution in [2.45, 2.75) is 85.1 Å². The molecule has 1 aliphatic rings. The Kier molecular flexibility index (Phi) is 8.01. The minimum atomic E-state index is 0.538. The second-order valence-corrected chi connectivity index (χ2v) is 7.31. The number of hydrogen-bond acceptors (Lipinski definition) is 2. The fourth-order valence-electron chi connectivity index (χ4n) is 4.02. The Labute approximate surface area is 120 Å². The van der Waals surface area contributed by atoms with E-state index in [1.807, 2.05) is 0 Å². The smallest absolute Gasteiger partial charge is 0.0241 e. The molecule has 0 heterocycles. The fourth-order valence-corrected chi connectivity index (χ4v) is 4.02. The van der Waals surface area contributed by atoms with E-state index >= 15 is 0 Å². The number of hydrogen-bond donors (Lipinski definition) is 2. The first-order chi connectivity index (χ1) is 9.06. The molecule has 0 aromatic carbocycles. The van der Waals surface area contributed by atoms with Crippen LogP contribution >= 0.6 is 0 Å². The normalized spacial score (nSPS) is 27.5. The summed E-state index contributed by atoms with van der Waals surface area (Å²) < 4.78 is 0. The van der Waals surface area contributed by atoms with Crippen LogP contribution in [0.15, 0.2) is 0 Å². The molecule has 114 valence electrons. The highest BCUT2D eigenvalue weighted by Crippen LogP contribution is 2.35. The van der Waals surface area contributed by atoms with Gasteiger partial charge in [0.15, 0.2) is 0 Å². The lowest BCUT2D eigenvalue weighted by Gasteiger charge is -2.35.